The number of halogens is 2. The van der Waals surface area contributed by atoms with Gasteiger partial charge in [-0.2, -0.15) is 0 Å². The van der Waals surface area contributed by atoms with Crippen molar-refractivity contribution in [3.8, 4) is 0 Å². The fourth-order valence-electron chi connectivity index (χ4n) is 1.45. The van der Waals surface area contributed by atoms with Crippen LogP contribution in [0.3, 0.4) is 0 Å². The van der Waals surface area contributed by atoms with Crippen molar-refractivity contribution in [2.75, 3.05) is 18.0 Å². The molecule has 0 amide bonds. The fourth-order valence-corrected chi connectivity index (χ4v) is 1.87. The zero-order valence-electron chi connectivity index (χ0n) is 8.91. The SMILES string of the molecule is CCCN(CC(=O)O)c1cccc(Cl)c1Cl. The Kier molecular flexibility index (Phi) is 4.90. The predicted molar refractivity (Wildman–Crippen MR) is 66.6 cm³/mol. The van der Waals surface area contributed by atoms with Crippen molar-refractivity contribution in [3.63, 3.8) is 0 Å². The molecule has 0 saturated carbocycles. The third-order valence-corrected chi connectivity index (χ3v) is 2.90. The third-order valence-electron chi connectivity index (χ3n) is 2.09. The van der Waals surface area contributed by atoms with Gasteiger partial charge in [0, 0.05) is 6.54 Å². The second-order valence-corrected chi connectivity index (χ2v) is 4.17. The Balaban J connectivity index is 3.00. The second-order valence-electron chi connectivity index (χ2n) is 3.39. The van der Waals surface area contributed by atoms with E-state index in [0.29, 0.717) is 22.3 Å². The number of nitrogens with zero attached hydrogens (tertiary/aromatic N) is 1. The number of rotatable bonds is 5. The molecule has 1 rings (SSSR count). The molecule has 1 aromatic carbocycles. The number of carboxylic acid groups (broad SMARTS) is 1. The van der Waals surface area contributed by atoms with Crippen molar-refractivity contribution >= 4 is 34.9 Å². The first-order chi connectivity index (χ1) is 7.56. The summed E-state index contributed by atoms with van der Waals surface area (Å²) in [6.45, 7) is 2.54. The summed E-state index contributed by atoms with van der Waals surface area (Å²) in [6, 6.07) is 5.21. The van der Waals surface area contributed by atoms with Gasteiger partial charge >= 0.3 is 5.97 Å². The van der Waals surface area contributed by atoms with Crippen molar-refractivity contribution < 1.29 is 9.90 Å². The molecule has 0 bridgehead atoms. The zero-order chi connectivity index (χ0) is 12.1. The van der Waals surface area contributed by atoms with Gasteiger partial charge in [0.25, 0.3) is 0 Å². The average molecular weight is 262 g/mol. The van der Waals surface area contributed by atoms with E-state index >= 15 is 0 Å². The lowest BCUT2D eigenvalue weighted by Crippen LogP contribution is -2.30. The smallest absolute Gasteiger partial charge is 0.323 e. The summed E-state index contributed by atoms with van der Waals surface area (Å²) >= 11 is 11.9. The molecule has 5 heteroatoms. The maximum atomic E-state index is 10.7. The van der Waals surface area contributed by atoms with E-state index in [9.17, 15) is 4.79 Å². The van der Waals surface area contributed by atoms with Crippen LogP contribution in [0, 0.1) is 0 Å². The summed E-state index contributed by atoms with van der Waals surface area (Å²) in [7, 11) is 0. The molecule has 0 aliphatic rings. The van der Waals surface area contributed by atoms with E-state index in [1.807, 2.05) is 6.92 Å². The molecular formula is C11H13Cl2NO2. The summed E-state index contributed by atoms with van der Waals surface area (Å²) in [5, 5.41) is 9.65. The molecule has 0 aliphatic heterocycles. The molecule has 3 nitrogen and oxygen atoms in total. The number of aliphatic carboxylic acids is 1. The van der Waals surface area contributed by atoms with Crippen LogP contribution in [-0.2, 0) is 4.79 Å². The number of benzene rings is 1. The largest absolute Gasteiger partial charge is 0.480 e. The maximum Gasteiger partial charge on any atom is 0.323 e. The van der Waals surface area contributed by atoms with Crippen LogP contribution in [0.5, 0.6) is 0 Å². The molecule has 0 radical (unpaired) electrons. The lowest BCUT2D eigenvalue weighted by atomic mass is 10.2. The van der Waals surface area contributed by atoms with Gasteiger partial charge in [-0.05, 0) is 18.6 Å². The first kappa shape index (κ1) is 13.1. The molecular weight excluding hydrogens is 249 g/mol. The Labute approximate surface area is 105 Å². The molecule has 1 N–H and O–H groups in total. The second kappa shape index (κ2) is 5.97. The summed E-state index contributed by atoms with van der Waals surface area (Å²) in [4.78, 5) is 12.4. The molecule has 0 aliphatic carbocycles. The summed E-state index contributed by atoms with van der Waals surface area (Å²) in [5.74, 6) is -0.885. The van der Waals surface area contributed by atoms with Crippen molar-refractivity contribution in [1.29, 1.82) is 0 Å². The van der Waals surface area contributed by atoms with Crippen LogP contribution in [-0.4, -0.2) is 24.2 Å². The molecule has 1 aromatic rings. The molecule has 0 unspecified atom stereocenters. The molecule has 0 atom stereocenters. The highest BCUT2D eigenvalue weighted by Crippen LogP contribution is 2.32. The van der Waals surface area contributed by atoms with E-state index in [0.717, 1.165) is 6.42 Å². The highest BCUT2D eigenvalue weighted by molar-refractivity contribution is 6.43. The number of hydrogen-bond acceptors (Lipinski definition) is 2. The minimum absolute atomic E-state index is 0.0755. The average Bonchev–Trinajstić information content (AvgIpc) is 2.21. The summed E-state index contributed by atoms with van der Waals surface area (Å²) < 4.78 is 0. The van der Waals surface area contributed by atoms with Crippen LogP contribution in [0.1, 0.15) is 13.3 Å². The lowest BCUT2D eigenvalue weighted by molar-refractivity contribution is -0.135. The molecule has 0 saturated heterocycles. The molecule has 0 aromatic heterocycles. The van der Waals surface area contributed by atoms with E-state index in [1.165, 1.54) is 0 Å². The zero-order valence-corrected chi connectivity index (χ0v) is 10.4. The van der Waals surface area contributed by atoms with Gasteiger partial charge in [0.15, 0.2) is 0 Å². The van der Waals surface area contributed by atoms with Crippen LogP contribution in [0.4, 0.5) is 5.69 Å². The van der Waals surface area contributed by atoms with Gasteiger partial charge in [0.05, 0.1) is 15.7 Å². The lowest BCUT2D eigenvalue weighted by Gasteiger charge is -2.23. The number of anilines is 1. The fraction of sp³-hybridized carbons (Fsp3) is 0.364. The van der Waals surface area contributed by atoms with Gasteiger partial charge in [-0.3, -0.25) is 4.79 Å². The van der Waals surface area contributed by atoms with Crippen LogP contribution in [0.25, 0.3) is 0 Å². The molecule has 0 spiro atoms. The van der Waals surface area contributed by atoms with Gasteiger partial charge in [0.1, 0.15) is 6.54 Å². The van der Waals surface area contributed by atoms with E-state index in [1.54, 1.807) is 23.1 Å². The van der Waals surface area contributed by atoms with Crippen LogP contribution < -0.4 is 4.90 Å². The van der Waals surface area contributed by atoms with Crippen LogP contribution in [0.2, 0.25) is 10.0 Å². The van der Waals surface area contributed by atoms with Gasteiger partial charge in [-0.25, -0.2) is 0 Å². The topological polar surface area (TPSA) is 40.5 Å². The number of carboxylic acids is 1. The van der Waals surface area contributed by atoms with E-state index < -0.39 is 5.97 Å². The standard InChI is InChI=1S/C11H13Cl2NO2/c1-2-6-14(7-10(15)16)9-5-3-4-8(12)11(9)13/h3-5H,2,6-7H2,1H3,(H,15,16). The molecule has 16 heavy (non-hydrogen) atoms. The number of carbonyl (C=O) groups is 1. The Hall–Kier alpha value is -0.930. The van der Waals surface area contributed by atoms with E-state index in [4.69, 9.17) is 28.3 Å². The Bertz CT molecular complexity index is 382. The molecule has 0 heterocycles. The summed E-state index contributed by atoms with van der Waals surface area (Å²) in [6.07, 6.45) is 0.843. The van der Waals surface area contributed by atoms with Crippen molar-refractivity contribution in [2.45, 2.75) is 13.3 Å². The Morgan fingerprint density at radius 1 is 1.44 bits per heavy atom. The maximum absolute atomic E-state index is 10.7. The highest BCUT2D eigenvalue weighted by atomic mass is 35.5. The van der Waals surface area contributed by atoms with Crippen LogP contribution >= 0.6 is 23.2 Å². The molecule has 0 fully saturated rings. The monoisotopic (exact) mass is 261 g/mol. The van der Waals surface area contributed by atoms with Gasteiger partial charge < -0.3 is 10.0 Å². The predicted octanol–water partition coefficient (Wildman–Crippen LogP) is 3.29. The first-order valence-corrected chi connectivity index (χ1v) is 5.72. The normalized spacial score (nSPS) is 10.2. The van der Waals surface area contributed by atoms with E-state index in [2.05, 4.69) is 0 Å². The first-order valence-electron chi connectivity index (χ1n) is 4.97. The van der Waals surface area contributed by atoms with E-state index in [-0.39, 0.29) is 6.54 Å². The Morgan fingerprint density at radius 3 is 2.69 bits per heavy atom. The quantitative estimate of drug-likeness (QED) is 0.885. The minimum atomic E-state index is -0.885. The summed E-state index contributed by atoms with van der Waals surface area (Å²) in [5.41, 5.74) is 0.665. The van der Waals surface area contributed by atoms with Crippen molar-refractivity contribution in [3.05, 3.63) is 28.2 Å². The van der Waals surface area contributed by atoms with Gasteiger partial charge in [0.2, 0.25) is 0 Å². The minimum Gasteiger partial charge on any atom is -0.480 e. The number of hydrogen-bond donors (Lipinski definition) is 1. The van der Waals surface area contributed by atoms with Crippen molar-refractivity contribution in [1.82, 2.24) is 0 Å². The van der Waals surface area contributed by atoms with Crippen molar-refractivity contribution in [2.24, 2.45) is 0 Å². The van der Waals surface area contributed by atoms with Crippen LogP contribution in [0.15, 0.2) is 18.2 Å². The highest BCUT2D eigenvalue weighted by Gasteiger charge is 2.14. The molecule has 88 valence electrons. The van der Waals surface area contributed by atoms with Gasteiger partial charge in [-0.1, -0.05) is 36.2 Å². The third kappa shape index (κ3) is 3.29. The Morgan fingerprint density at radius 2 is 2.12 bits per heavy atom. The van der Waals surface area contributed by atoms with Gasteiger partial charge in [-0.15, -0.1) is 0 Å².